The van der Waals surface area contributed by atoms with Crippen LogP contribution in [-0.2, 0) is 0 Å². The summed E-state index contributed by atoms with van der Waals surface area (Å²) in [6, 6.07) is 7.02. The van der Waals surface area contributed by atoms with E-state index >= 15 is 0 Å². The molecule has 76 valence electrons. The van der Waals surface area contributed by atoms with Crippen LogP contribution in [0.4, 0.5) is 0 Å². The van der Waals surface area contributed by atoms with Gasteiger partial charge in [-0.2, -0.15) is 0 Å². The molecule has 0 saturated heterocycles. The predicted octanol–water partition coefficient (Wildman–Crippen LogP) is 1.24. The third kappa shape index (κ3) is 2.58. The van der Waals surface area contributed by atoms with Gasteiger partial charge in [-0.1, -0.05) is 30.9 Å². The van der Waals surface area contributed by atoms with Crippen LogP contribution in [0.1, 0.15) is 11.6 Å². The van der Waals surface area contributed by atoms with Gasteiger partial charge in [-0.05, 0) is 6.07 Å². The monoisotopic (exact) mass is 193 g/mol. The lowest BCUT2D eigenvalue weighted by atomic mass is 10.1. The van der Waals surface area contributed by atoms with Crippen LogP contribution in [-0.4, -0.2) is 18.3 Å². The molecule has 0 fully saturated rings. The molecule has 3 heteroatoms. The molecule has 0 amide bonds. The molecule has 0 aliphatic carbocycles. The van der Waals surface area contributed by atoms with E-state index in [1.54, 1.807) is 6.08 Å². The van der Waals surface area contributed by atoms with Crippen molar-refractivity contribution in [3.05, 3.63) is 42.5 Å². The number of aliphatic hydroxyl groups excluding tert-OH is 1. The minimum Gasteiger partial charge on any atom is -0.489 e. The maximum Gasteiger partial charge on any atom is 0.124 e. The Kier molecular flexibility index (Phi) is 4.16. The molecule has 0 aliphatic rings. The van der Waals surface area contributed by atoms with Gasteiger partial charge in [0.2, 0.25) is 0 Å². The van der Waals surface area contributed by atoms with Gasteiger partial charge in [0.15, 0.2) is 0 Å². The number of aliphatic hydroxyl groups is 1. The minimum absolute atomic E-state index is 0.0888. The van der Waals surface area contributed by atoms with Crippen LogP contribution < -0.4 is 10.5 Å². The Balaban J connectivity index is 2.84. The summed E-state index contributed by atoms with van der Waals surface area (Å²) >= 11 is 0. The summed E-state index contributed by atoms with van der Waals surface area (Å²) in [5.74, 6) is 0.703. The molecule has 1 aromatic carbocycles. The number of para-hydroxylation sites is 1. The molecule has 0 heterocycles. The summed E-state index contributed by atoms with van der Waals surface area (Å²) in [7, 11) is 0. The highest BCUT2D eigenvalue weighted by Crippen LogP contribution is 2.23. The summed E-state index contributed by atoms with van der Waals surface area (Å²) in [5, 5.41) is 8.94. The number of hydrogen-bond acceptors (Lipinski definition) is 3. The van der Waals surface area contributed by atoms with Crippen LogP contribution in [0.15, 0.2) is 36.9 Å². The third-order valence-corrected chi connectivity index (χ3v) is 1.87. The molecule has 0 saturated carbocycles. The zero-order valence-corrected chi connectivity index (χ0v) is 8.02. The minimum atomic E-state index is -0.393. The lowest BCUT2D eigenvalue weighted by molar-refractivity contribution is 0.263. The fraction of sp³-hybridized carbons (Fsp3) is 0.273. The van der Waals surface area contributed by atoms with Crippen molar-refractivity contribution >= 4 is 0 Å². The van der Waals surface area contributed by atoms with E-state index < -0.39 is 6.04 Å². The fourth-order valence-corrected chi connectivity index (χ4v) is 1.17. The molecule has 0 aromatic heterocycles. The highest BCUT2D eigenvalue weighted by Gasteiger charge is 2.09. The molecule has 3 nitrogen and oxygen atoms in total. The molecule has 1 atom stereocenters. The van der Waals surface area contributed by atoms with E-state index in [0.29, 0.717) is 12.4 Å². The van der Waals surface area contributed by atoms with Gasteiger partial charge < -0.3 is 15.6 Å². The van der Waals surface area contributed by atoms with Crippen molar-refractivity contribution in [2.45, 2.75) is 6.04 Å². The van der Waals surface area contributed by atoms with E-state index in [0.717, 1.165) is 5.56 Å². The van der Waals surface area contributed by atoms with E-state index in [2.05, 4.69) is 6.58 Å². The molecular formula is C11H15NO2. The highest BCUT2D eigenvalue weighted by molar-refractivity contribution is 5.35. The number of nitrogens with two attached hydrogens (primary N) is 1. The first-order chi connectivity index (χ1) is 6.79. The Morgan fingerprint density at radius 3 is 2.86 bits per heavy atom. The predicted molar refractivity (Wildman–Crippen MR) is 56.1 cm³/mol. The van der Waals surface area contributed by atoms with Gasteiger partial charge in [0.25, 0.3) is 0 Å². The smallest absolute Gasteiger partial charge is 0.124 e. The van der Waals surface area contributed by atoms with Crippen molar-refractivity contribution in [1.82, 2.24) is 0 Å². The number of rotatable bonds is 5. The van der Waals surface area contributed by atoms with Crippen LogP contribution in [0.2, 0.25) is 0 Å². The van der Waals surface area contributed by atoms with Gasteiger partial charge in [-0.3, -0.25) is 0 Å². The molecule has 14 heavy (non-hydrogen) atoms. The van der Waals surface area contributed by atoms with Crippen LogP contribution >= 0.6 is 0 Å². The van der Waals surface area contributed by atoms with Crippen molar-refractivity contribution in [2.75, 3.05) is 13.2 Å². The standard InChI is InChI=1S/C11H15NO2/c1-2-7-14-11-6-4-3-5-9(11)10(12)8-13/h2-6,10,13H,1,7-8,12H2/t10-/m1/s1. The SMILES string of the molecule is C=CCOc1ccccc1[C@H](N)CO. The largest absolute Gasteiger partial charge is 0.489 e. The number of hydrogen-bond donors (Lipinski definition) is 2. The second kappa shape index (κ2) is 5.42. The van der Waals surface area contributed by atoms with Gasteiger partial charge in [0, 0.05) is 5.56 Å². The lowest BCUT2D eigenvalue weighted by Crippen LogP contribution is -2.15. The van der Waals surface area contributed by atoms with E-state index in [1.165, 1.54) is 0 Å². The van der Waals surface area contributed by atoms with E-state index in [9.17, 15) is 0 Å². The summed E-state index contributed by atoms with van der Waals surface area (Å²) in [5.41, 5.74) is 6.53. The zero-order valence-electron chi connectivity index (χ0n) is 8.02. The molecule has 0 spiro atoms. The molecule has 0 unspecified atom stereocenters. The van der Waals surface area contributed by atoms with E-state index in [4.69, 9.17) is 15.6 Å². The Hall–Kier alpha value is -1.32. The number of ether oxygens (including phenoxy) is 1. The maximum atomic E-state index is 8.94. The Labute approximate surface area is 83.8 Å². The van der Waals surface area contributed by atoms with Crippen LogP contribution in [0.3, 0.4) is 0 Å². The Morgan fingerprint density at radius 2 is 2.21 bits per heavy atom. The Bertz CT molecular complexity index is 299. The maximum absolute atomic E-state index is 8.94. The molecule has 1 rings (SSSR count). The van der Waals surface area contributed by atoms with Gasteiger partial charge in [0.05, 0.1) is 12.6 Å². The lowest BCUT2D eigenvalue weighted by Gasteiger charge is -2.13. The van der Waals surface area contributed by atoms with Crippen LogP contribution in [0.5, 0.6) is 5.75 Å². The molecule has 0 aliphatic heterocycles. The number of benzene rings is 1. The normalized spacial score (nSPS) is 12.1. The first-order valence-electron chi connectivity index (χ1n) is 4.48. The topological polar surface area (TPSA) is 55.5 Å². The van der Waals surface area contributed by atoms with Gasteiger partial charge >= 0.3 is 0 Å². The van der Waals surface area contributed by atoms with Crippen LogP contribution in [0.25, 0.3) is 0 Å². The average Bonchev–Trinajstić information content (AvgIpc) is 2.25. The van der Waals surface area contributed by atoms with Crippen molar-refractivity contribution in [3.8, 4) is 5.75 Å². The second-order valence-corrected chi connectivity index (χ2v) is 2.93. The Morgan fingerprint density at radius 1 is 1.50 bits per heavy atom. The summed E-state index contributed by atoms with van der Waals surface area (Å²) < 4.78 is 5.40. The first kappa shape index (κ1) is 10.8. The summed E-state index contributed by atoms with van der Waals surface area (Å²) in [6.07, 6.45) is 1.67. The van der Waals surface area contributed by atoms with Gasteiger partial charge in [-0.25, -0.2) is 0 Å². The fourth-order valence-electron chi connectivity index (χ4n) is 1.17. The van der Waals surface area contributed by atoms with Crippen molar-refractivity contribution in [2.24, 2.45) is 5.73 Å². The average molecular weight is 193 g/mol. The molecular weight excluding hydrogens is 178 g/mol. The summed E-state index contributed by atoms with van der Waals surface area (Å²) in [6.45, 7) is 3.92. The van der Waals surface area contributed by atoms with Gasteiger partial charge in [-0.15, -0.1) is 0 Å². The molecule has 1 aromatic rings. The highest BCUT2D eigenvalue weighted by atomic mass is 16.5. The quantitative estimate of drug-likeness (QED) is 0.692. The molecule has 0 radical (unpaired) electrons. The van der Waals surface area contributed by atoms with Crippen molar-refractivity contribution < 1.29 is 9.84 Å². The van der Waals surface area contributed by atoms with E-state index in [-0.39, 0.29) is 6.61 Å². The zero-order chi connectivity index (χ0) is 10.4. The van der Waals surface area contributed by atoms with E-state index in [1.807, 2.05) is 24.3 Å². The van der Waals surface area contributed by atoms with Crippen molar-refractivity contribution in [1.29, 1.82) is 0 Å². The van der Waals surface area contributed by atoms with Crippen LogP contribution in [0, 0.1) is 0 Å². The second-order valence-electron chi connectivity index (χ2n) is 2.93. The summed E-state index contributed by atoms with van der Waals surface area (Å²) in [4.78, 5) is 0. The first-order valence-corrected chi connectivity index (χ1v) is 4.48. The molecule has 3 N–H and O–H groups in total. The van der Waals surface area contributed by atoms with Crippen molar-refractivity contribution in [3.63, 3.8) is 0 Å². The van der Waals surface area contributed by atoms with Gasteiger partial charge in [0.1, 0.15) is 12.4 Å². The third-order valence-electron chi connectivity index (χ3n) is 1.87. The molecule has 0 bridgehead atoms.